The summed E-state index contributed by atoms with van der Waals surface area (Å²) >= 11 is 0. The molecule has 2 aromatic carbocycles. The molecule has 0 unspecified atom stereocenters. The van der Waals surface area contributed by atoms with Gasteiger partial charge in [0, 0.05) is 67.5 Å². The average Bonchev–Trinajstić information content (AvgIpc) is 3.12. The molecular weight excluding hydrogens is 687 g/mol. The third-order valence-corrected chi connectivity index (χ3v) is 8.55. The summed E-state index contributed by atoms with van der Waals surface area (Å²) in [6, 6.07) is 19.0. The number of methoxy groups -OCH3 is 2. The Kier molecular flexibility index (Phi) is 12.2. The number of carbonyl (C=O) groups excluding carboxylic acids is 1. The van der Waals surface area contributed by atoms with E-state index in [2.05, 4.69) is 15.2 Å². The zero-order chi connectivity index (χ0) is 37.4. The molecule has 52 heavy (non-hydrogen) atoms. The predicted molar refractivity (Wildman–Crippen MR) is 198 cm³/mol. The second-order valence-corrected chi connectivity index (χ2v) is 14.0. The van der Waals surface area contributed by atoms with Crippen LogP contribution in [0.4, 0.5) is 5.82 Å². The van der Waals surface area contributed by atoms with E-state index in [-0.39, 0.29) is 23.2 Å². The lowest BCUT2D eigenvalue weighted by atomic mass is 9.96. The first kappa shape index (κ1) is 37.8. The highest BCUT2D eigenvalue weighted by Crippen LogP contribution is 2.34. The van der Waals surface area contributed by atoms with Gasteiger partial charge >= 0.3 is 0 Å². The number of hydrogen-bond acceptors (Lipinski definition) is 11. The van der Waals surface area contributed by atoms with E-state index < -0.39 is 10.1 Å². The molecule has 0 spiro atoms. The SMILES string of the molecule is COc1cc(-c2cnc(N)c(-c3ccc(CC(=O)c4cn(CC5CCOCC5)cc(-c5ccc(C)cc5)c4=O)cc3)c2)c(OC)nn1.CS(=O)(=O)O. The van der Waals surface area contributed by atoms with E-state index in [1.54, 1.807) is 18.5 Å². The first-order valence-corrected chi connectivity index (χ1v) is 18.3. The largest absolute Gasteiger partial charge is 0.480 e. The monoisotopic (exact) mass is 727 g/mol. The molecule has 0 saturated carbocycles. The van der Waals surface area contributed by atoms with Crippen molar-refractivity contribution in [3.05, 3.63) is 106 Å². The Labute approximate surface area is 302 Å². The number of nitrogens with two attached hydrogens (primary N) is 1. The molecule has 3 aromatic heterocycles. The normalized spacial score (nSPS) is 13.2. The molecule has 0 atom stereocenters. The number of benzene rings is 2. The Balaban J connectivity index is 0.000000979. The number of carbonyl (C=O) groups is 1. The molecule has 0 amide bonds. The fourth-order valence-corrected chi connectivity index (χ4v) is 5.86. The Morgan fingerprint density at radius 1 is 0.923 bits per heavy atom. The van der Waals surface area contributed by atoms with Crippen LogP contribution in [0.15, 0.2) is 84.0 Å². The number of aryl methyl sites for hydroxylation is 1. The van der Waals surface area contributed by atoms with Crippen molar-refractivity contribution in [3.63, 3.8) is 0 Å². The molecule has 0 aliphatic carbocycles. The highest BCUT2D eigenvalue weighted by atomic mass is 32.2. The van der Waals surface area contributed by atoms with Gasteiger partial charge in [0.1, 0.15) is 5.82 Å². The van der Waals surface area contributed by atoms with Crippen molar-refractivity contribution in [2.24, 2.45) is 5.92 Å². The number of Topliss-reactive ketones (excluding diaryl/α,β-unsaturated/α-hetero) is 1. The molecular formula is C38H41N5O8S. The van der Waals surface area contributed by atoms with Crippen molar-refractivity contribution in [1.29, 1.82) is 0 Å². The standard InChI is InChI=1S/C37H37N5O5.CH4O3S/c1-23-4-8-27(9-5-23)31-21-42(20-25-12-14-47-15-13-25)22-32(35(31)44)33(43)16-24-6-10-26(11-7-24)29-17-28(19-39-36(29)38)30-18-34(45-2)40-41-37(30)46-3;1-5(2,3)4/h4-11,17-19,21-22,25H,12-16,20H2,1-3H3,(H2,38,39);1H3,(H,2,3,4). The Bertz CT molecular complexity index is 2190. The molecule has 13 nitrogen and oxygen atoms in total. The van der Waals surface area contributed by atoms with E-state index in [4.69, 9.17) is 24.5 Å². The summed E-state index contributed by atoms with van der Waals surface area (Å²) in [4.78, 5) is 31.9. The van der Waals surface area contributed by atoms with Crippen LogP contribution in [0, 0.1) is 12.8 Å². The molecule has 1 fully saturated rings. The molecule has 14 heteroatoms. The lowest BCUT2D eigenvalue weighted by molar-refractivity contribution is 0.0612. The second kappa shape index (κ2) is 16.7. The van der Waals surface area contributed by atoms with Gasteiger partial charge in [0.05, 0.1) is 31.6 Å². The highest BCUT2D eigenvalue weighted by Gasteiger charge is 2.20. The topological polar surface area (TPSA) is 186 Å². The number of aromatic nitrogens is 4. The Hall–Kier alpha value is -5.44. The average molecular weight is 728 g/mol. The maximum absolute atomic E-state index is 13.7. The van der Waals surface area contributed by atoms with Crippen LogP contribution in [0.1, 0.15) is 34.3 Å². The van der Waals surface area contributed by atoms with E-state index in [1.165, 1.54) is 14.2 Å². The van der Waals surface area contributed by atoms with Gasteiger partial charge in [0.2, 0.25) is 11.8 Å². The summed E-state index contributed by atoms with van der Waals surface area (Å²) in [6.45, 7) is 4.19. The molecule has 1 aliphatic rings. The minimum absolute atomic E-state index is 0.0809. The van der Waals surface area contributed by atoms with Gasteiger partial charge in [-0.2, -0.15) is 8.42 Å². The molecule has 3 N–H and O–H groups in total. The number of pyridine rings is 2. The van der Waals surface area contributed by atoms with Crippen molar-refractivity contribution < 1.29 is 32.0 Å². The minimum Gasteiger partial charge on any atom is -0.480 e. The molecule has 1 aliphatic heterocycles. The second-order valence-electron chi connectivity index (χ2n) is 12.5. The van der Waals surface area contributed by atoms with Gasteiger partial charge in [-0.05, 0) is 48.4 Å². The summed E-state index contributed by atoms with van der Waals surface area (Å²) in [5, 5.41) is 8.05. The fraction of sp³-hybridized carbons (Fsp3) is 0.289. The van der Waals surface area contributed by atoms with Crippen molar-refractivity contribution >= 4 is 21.7 Å². The van der Waals surface area contributed by atoms with Crippen LogP contribution in [-0.2, 0) is 27.8 Å². The van der Waals surface area contributed by atoms with Gasteiger partial charge in [0.25, 0.3) is 10.1 Å². The molecule has 6 rings (SSSR count). The van der Waals surface area contributed by atoms with E-state index in [9.17, 15) is 18.0 Å². The number of rotatable bonds is 10. The van der Waals surface area contributed by atoms with Gasteiger partial charge < -0.3 is 24.5 Å². The summed E-state index contributed by atoms with van der Waals surface area (Å²) in [6.07, 6.45) is 7.95. The summed E-state index contributed by atoms with van der Waals surface area (Å²) < 4.78 is 44.1. The lowest BCUT2D eigenvalue weighted by Crippen LogP contribution is -2.25. The van der Waals surface area contributed by atoms with Crippen LogP contribution in [-0.4, -0.2) is 72.2 Å². The van der Waals surface area contributed by atoms with Crippen LogP contribution in [0.25, 0.3) is 33.4 Å². The van der Waals surface area contributed by atoms with E-state index >= 15 is 0 Å². The van der Waals surface area contributed by atoms with Crippen LogP contribution >= 0.6 is 0 Å². The van der Waals surface area contributed by atoms with E-state index in [1.807, 2.05) is 72.3 Å². The van der Waals surface area contributed by atoms with E-state index in [0.717, 1.165) is 60.4 Å². The smallest absolute Gasteiger partial charge is 0.261 e. The number of ether oxygens (including phenoxy) is 3. The van der Waals surface area contributed by atoms with E-state index in [0.29, 0.717) is 46.4 Å². The van der Waals surface area contributed by atoms with Gasteiger partial charge in [-0.15, -0.1) is 10.2 Å². The van der Waals surface area contributed by atoms with Gasteiger partial charge in [0.15, 0.2) is 11.2 Å². The number of nitrogens with zero attached hydrogens (tertiary/aromatic N) is 4. The first-order chi connectivity index (χ1) is 24.8. The molecule has 0 bridgehead atoms. The molecule has 4 heterocycles. The molecule has 1 saturated heterocycles. The minimum atomic E-state index is -3.67. The Morgan fingerprint density at radius 3 is 2.19 bits per heavy atom. The Morgan fingerprint density at radius 2 is 1.56 bits per heavy atom. The van der Waals surface area contributed by atoms with Crippen molar-refractivity contribution in [2.75, 3.05) is 39.4 Å². The number of anilines is 1. The zero-order valence-electron chi connectivity index (χ0n) is 29.4. The summed E-state index contributed by atoms with van der Waals surface area (Å²) in [5.41, 5.74) is 12.4. The number of nitrogen functional groups attached to an aromatic ring is 1. The predicted octanol–water partition coefficient (Wildman–Crippen LogP) is 5.30. The third kappa shape index (κ3) is 9.87. The molecule has 272 valence electrons. The molecule has 5 aromatic rings. The number of hydrogen-bond donors (Lipinski definition) is 2. The van der Waals surface area contributed by atoms with Gasteiger partial charge in [-0.3, -0.25) is 14.1 Å². The van der Waals surface area contributed by atoms with Crippen LogP contribution in [0.5, 0.6) is 11.8 Å². The number of ketones is 1. The first-order valence-electron chi connectivity index (χ1n) is 16.5. The zero-order valence-corrected chi connectivity index (χ0v) is 30.2. The van der Waals surface area contributed by atoms with Gasteiger partial charge in [-0.25, -0.2) is 4.98 Å². The quantitative estimate of drug-likeness (QED) is 0.140. The van der Waals surface area contributed by atoms with Gasteiger partial charge in [-0.1, -0.05) is 54.1 Å². The summed E-state index contributed by atoms with van der Waals surface area (Å²) in [7, 11) is -0.630. The summed E-state index contributed by atoms with van der Waals surface area (Å²) in [5.74, 6) is 1.21. The van der Waals surface area contributed by atoms with Crippen LogP contribution < -0.4 is 20.6 Å². The van der Waals surface area contributed by atoms with Crippen molar-refractivity contribution in [3.8, 4) is 45.1 Å². The van der Waals surface area contributed by atoms with Crippen molar-refractivity contribution in [2.45, 2.75) is 32.7 Å². The van der Waals surface area contributed by atoms with Crippen LogP contribution in [0.3, 0.4) is 0 Å². The maximum Gasteiger partial charge on any atom is 0.261 e. The maximum atomic E-state index is 13.7. The van der Waals surface area contributed by atoms with Crippen molar-refractivity contribution in [1.82, 2.24) is 19.7 Å². The molecule has 0 radical (unpaired) electrons. The highest BCUT2D eigenvalue weighted by molar-refractivity contribution is 7.85. The lowest BCUT2D eigenvalue weighted by Gasteiger charge is -2.23. The third-order valence-electron chi connectivity index (χ3n) is 8.55. The van der Waals surface area contributed by atoms with Crippen LogP contribution in [0.2, 0.25) is 0 Å². The fourth-order valence-electron chi connectivity index (χ4n) is 5.86.